The van der Waals surface area contributed by atoms with Crippen molar-refractivity contribution < 1.29 is 9.53 Å². The summed E-state index contributed by atoms with van der Waals surface area (Å²) in [4.78, 5) is 15.8. The number of aromatic amines is 1. The number of rotatable bonds is 3. The summed E-state index contributed by atoms with van der Waals surface area (Å²) in [5, 5.41) is 4.29. The van der Waals surface area contributed by atoms with Gasteiger partial charge in [-0.1, -0.05) is 11.6 Å². The van der Waals surface area contributed by atoms with Crippen LogP contribution in [0, 0.1) is 20.8 Å². The highest BCUT2D eigenvalue weighted by Crippen LogP contribution is 2.27. The molecule has 0 bridgehead atoms. The van der Waals surface area contributed by atoms with Crippen molar-refractivity contribution in [1.82, 2.24) is 10.3 Å². The maximum atomic E-state index is 12.4. The molecule has 1 aliphatic heterocycles. The molecule has 118 valence electrons. The van der Waals surface area contributed by atoms with Gasteiger partial charge in [-0.2, -0.15) is 0 Å². The third kappa shape index (κ3) is 2.52. The van der Waals surface area contributed by atoms with Crippen LogP contribution in [0.5, 0.6) is 0 Å². The highest BCUT2D eigenvalue weighted by Gasteiger charge is 2.37. The number of amides is 1. The van der Waals surface area contributed by atoms with Gasteiger partial charge >= 0.3 is 0 Å². The van der Waals surface area contributed by atoms with E-state index in [0.717, 1.165) is 23.9 Å². The van der Waals surface area contributed by atoms with Crippen molar-refractivity contribution in [3.63, 3.8) is 0 Å². The van der Waals surface area contributed by atoms with E-state index in [1.54, 1.807) is 0 Å². The molecule has 2 heterocycles. The van der Waals surface area contributed by atoms with Crippen LogP contribution in [-0.4, -0.2) is 23.1 Å². The minimum atomic E-state index is -0.662. The second-order valence-corrected chi connectivity index (χ2v) is 6.59. The largest absolute Gasteiger partial charge is 0.365 e. The Morgan fingerprint density at radius 2 is 2.14 bits per heavy atom. The fourth-order valence-electron chi connectivity index (χ4n) is 3.25. The number of hydrogen-bond donors (Lipinski definition) is 2. The van der Waals surface area contributed by atoms with Crippen molar-refractivity contribution in [1.29, 1.82) is 0 Å². The zero-order chi connectivity index (χ0) is 15.9. The summed E-state index contributed by atoms with van der Waals surface area (Å²) < 4.78 is 5.61. The van der Waals surface area contributed by atoms with E-state index in [2.05, 4.69) is 43.2 Å². The lowest BCUT2D eigenvalue weighted by molar-refractivity contribution is -0.139. The second-order valence-electron chi connectivity index (χ2n) is 6.59. The van der Waals surface area contributed by atoms with Crippen molar-refractivity contribution in [3.05, 3.63) is 34.5 Å². The van der Waals surface area contributed by atoms with E-state index >= 15 is 0 Å². The van der Waals surface area contributed by atoms with E-state index in [9.17, 15) is 4.79 Å². The highest BCUT2D eigenvalue weighted by molar-refractivity contribution is 5.89. The topological polar surface area (TPSA) is 54.1 Å². The molecule has 22 heavy (non-hydrogen) atoms. The first kappa shape index (κ1) is 15.1. The quantitative estimate of drug-likeness (QED) is 0.914. The molecule has 4 heteroatoms. The number of carbonyl (C=O) groups is 1. The SMILES string of the molecule is Cc1cc(CNC(=O)C2(C)CCCO2)c2[nH]c(C)c(C)c2c1. The van der Waals surface area contributed by atoms with E-state index in [4.69, 9.17) is 4.74 Å². The Balaban J connectivity index is 1.85. The van der Waals surface area contributed by atoms with Crippen molar-refractivity contribution in [2.75, 3.05) is 6.61 Å². The van der Waals surface area contributed by atoms with Crippen LogP contribution >= 0.6 is 0 Å². The predicted octanol–water partition coefficient (Wildman–Crippen LogP) is 3.28. The van der Waals surface area contributed by atoms with E-state index in [-0.39, 0.29) is 5.91 Å². The first-order valence-corrected chi connectivity index (χ1v) is 7.91. The number of H-pyrrole nitrogens is 1. The molecule has 1 aromatic carbocycles. The molecule has 1 aromatic heterocycles. The van der Waals surface area contributed by atoms with Crippen molar-refractivity contribution >= 4 is 16.8 Å². The molecule has 0 aliphatic carbocycles. The third-order valence-corrected chi connectivity index (χ3v) is 4.78. The number of benzene rings is 1. The van der Waals surface area contributed by atoms with Gasteiger partial charge in [0.1, 0.15) is 5.60 Å². The van der Waals surface area contributed by atoms with Crippen LogP contribution in [0.25, 0.3) is 10.9 Å². The minimum absolute atomic E-state index is 0.0142. The summed E-state index contributed by atoms with van der Waals surface area (Å²) in [6, 6.07) is 4.33. The highest BCUT2D eigenvalue weighted by atomic mass is 16.5. The van der Waals surface area contributed by atoms with E-state index in [1.165, 1.54) is 22.2 Å². The monoisotopic (exact) mass is 300 g/mol. The van der Waals surface area contributed by atoms with Crippen LogP contribution in [0.2, 0.25) is 0 Å². The molecule has 4 nitrogen and oxygen atoms in total. The zero-order valence-electron chi connectivity index (χ0n) is 13.8. The average Bonchev–Trinajstić information content (AvgIpc) is 3.03. The van der Waals surface area contributed by atoms with Crippen LogP contribution in [0.3, 0.4) is 0 Å². The zero-order valence-corrected chi connectivity index (χ0v) is 13.8. The van der Waals surface area contributed by atoms with Crippen LogP contribution in [0.4, 0.5) is 0 Å². The Kier molecular flexibility index (Phi) is 3.73. The van der Waals surface area contributed by atoms with Crippen LogP contribution in [-0.2, 0) is 16.1 Å². The molecule has 1 saturated heterocycles. The molecule has 1 atom stereocenters. The third-order valence-electron chi connectivity index (χ3n) is 4.78. The summed E-state index contributed by atoms with van der Waals surface area (Å²) in [6.45, 7) is 9.38. The van der Waals surface area contributed by atoms with Gasteiger partial charge in [-0.3, -0.25) is 4.79 Å². The molecule has 2 N–H and O–H groups in total. The lowest BCUT2D eigenvalue weighted by Gasteiger charge is -2.22. The van der Waals surface area contributed by atoms with Gasteiger partial charge in [0.25, 0.3) is 5.91 Å². The van der Waals surface area contributed by atoms with Gasteiger partial charge in [-0.15, -0.1) is 0 Å². The number of fused-ring (bicyclic) bond motifs is 1. The van der Waals surface area contributed by atoms with Gasteiger partial charge in [-0.05, 0) is 57.7 Å². The number of aryl methyl sites for hydroxylation is 3. The summed E-state index contributed by atoms with van der Waals surface area (Å²) in [6.07, 6.45) is 1.75. The van der Waals surface area contributed by atoms with Gasteiger partial charge in [-0.25, -0.2) is 0 Å². The van der Waals surface area contributed by atoms with E-state index in [0.29, 0.717) is 13.2 Å². The standard InChI is InChI=1S/C18H24N2O2/c1-11-8-14(16-15(9-11)12(2)13(3)20-16)10-19-17(21)18(4)6-5-7-22-18/h8-9,20H,5-7,10H2,1-4H3,(H,19,21). The predicted molar refractivity (Wildman–Crippen MR) is 87.9 cm³/mol. The lowest BCUT2D eigenvalue weighted by Crippen LogP contribution is -2.43. The van der Waals surface area contributed by atoms with Gasteiger partial charge in [0.15, 0.2) is 0 Å². The van der Waals surface area contributed by atoms with Crippen LogP contribution in [0.15, 0.2) is 12.1 Å². The second kappa shape index (κ2) is 5.43. The molecule has 1 amide bonds. The smallest absolute Gasteiger partial charge is 0.252 e. The molecule has 3 rings (SSSR count). The summed E-state index contributed by atoms with van der Waals surface area (Å²) >= 11 is 0. The number of hydrogen-bond acceptors (Lipinski definition) is 2. The minimum Gasteiger partial charge on any atom is -0.365 e. The average molecular weight is 300 g/mol. The van der Waals surface area contributed by atoms with E-state index < -0.39 is 5.60 Å². The maximum Gasteiger partial charge on any atom is 0.252 e. The van der Waals surface area contributed by atoms with Crippen molar-refractivity contribution in [2.24, 2.45) is 0 Å². The molecule has 1 unspecified atom stereocenters. The van der Waals surface area contributed by atoms with Crippen LogP contribution in [0.1, 0.15) is 42.1 Å². The molecule has 0 saturated carbocycles. The Morgan fingerprint density at radius 1 is 1.36 bits per heavy atom. The molecular weight excluding hydrogens is 276 g/mol. The Labute approximate surface area is 131 Å². The number of aromatic nitrogens is 1. The molecule has 2 aromatic rings. The Bertz CT molecular complexity index is 724. The van der Waals surface area contributed by atoms with Gasteiger partial charge in [0.2, 0.25) is 0 Å². The fraction of sp³-hybridized carbons (Fsp3) is 0.500. The molecule has 1 fully saturated rings. The molecule has 1 aliphatic rings. The van der Waals surface area contributed by atoms with Gasteiger partial charge in [0.05, 0.1) is 5.52 Å². The Morgan fingerprint density at radius 3 is 2.82 bits per heavy atom. The first-order chi connectivity index (χ1) is 10.4. The molecule has 0 radical (unpaired) electrons. The summed E-state index contributed by atoms with van der Waals surface area (Å²) in [7, 11) is 0. The van der Waals surface area contributed by atoms with Gasteiger partial charge < -0.3 is 15.0 Å². The van der Waals surface area contributed by atoms with Crippen molar-refractivity contribution in [3.8, 4) is 0 Å². The molecule has 0 spiro atoms. The van der Waals surface area contributed by atoms with Gasteiger partial charge in [0, 0.05) is 24.2 Å². The normalized spacial score (nSPS) is 21.5. The maximum absolute atomic E-state index is 12.4. The van der Waals surface area contributed by atoms with Crippen molar-refractivity contribution in [2.45, 2.75) is 52.7 Å². The molecular formula is C18H24N2O2. The fourth-order valence-corrected chi connectivity index (χ4v) is 3.25. The number of carbonyl (C=O) groups excluding carboxylic acids is 1. The number of nitrogens with one attached hydrogen (secondary N) is 2. The van der Waals surface area contributed by atoms with Crippen LogP contribution < -0.4 is 5.32 Å². The number of ether oxygens (including phenoxy) is 1. The lowest BCUT2D eigenvalue weighted by atomic mass is 10.0. The first-order valence-electron chi connectivity index (χ1n) is 7.91. The Hall–Kier alpha value is -1.81. The summed E-state index contributed by atoms with van der Waals surface area (Å²) in [5.41, 5.74) is 5.25. The van der Waals surface area contributed by atoms with E-state index in [1.807, 2.05) is 6.92 Å². The summed E-state index contributed by atoms with van der Waals surface area (Å²) in [5.74, 6) is -0.0142.